The Morgan fingerprint density at radius 3 is 3.00 bits per heavy atom. The first-order chi connectivity index (χ1) is 4.83. The van der Waals surface area contributed by atoms with Crippen molar-refractivity contribution in [2.45, 2.75) is 4.21 Å². The van der Waals surface area contributed by atoms with Crippen LogP contribution in [0.5, 0.6) is 0 Å². The maximum Gasteiger partial charge on any atom is 0.0940 e. The smallest absolute Gasteiger partial charge is 0.0940 e. The fourth-order valence-electron chi connectivity index (χ4n) is 0.479. The van der Waals surface area contributed by atoms with E-state index in [9.17, 15) is 0 Å². The second-order valence-corrected chi connectivity index (χ2v) is 4.50. The Bertz CT molecular complexity index is 250. The summed E-state index contributed by atoms with van der Waals surface area (Å²) in [7, 11) is 0. The van der Waals surface area contributed by atoms with Crippen molar-refractivity contribution in [1.29, 1.82) is 5.26 Å². The molecule has 0 saturated carbocycles. The highest BCUT2D eigenvalue weighted by Crippen LogP contribution is 2.29. The van der Waals surface area contributed by atoms with Crippen LogP contribution in [-0.4, -0.2) is 5.75 Å². The fourth-order valence-corrected chi connectivity index (χ4v) is 2.45. The minimum Gasteiger partial charge on any atom is -0.197 e. The van der Waals surface area contributed by atoms with Gasteiger partial charge in [0.25, 0.3) is 0 Å². The molecule has 0 fully saturated rings. The van der Waals surface area contributed by atoms with E-state index in [0.717, 1.165) is 8.55 Å². The number of thioether (sulfide) groups is 1. The van der Waals surface area contributed by atoms with Crippen molar-refractivity contribution >= 4 is 34.7 Å². The van der Waals surface area contributed by atoms with Gasteiger partial charge >= 0.3 is 0 Å². The lowest BCUT2D eigenvalue weighted by atomic mass is 10.7. The molecule has 0 aliphatic heterocycles. The van der Waals surface area contributed by atoms with E-state index in [4.69, 9.17) is 16.9 Å². The first-order valence-corrected chi connectivity index (χ1v) is 4.76. The molecule has 1 aromatic rings. The number of hydrogen-bond donors (Lipinski definition) is 0. The van der Waals surface area contributed by atoms with Crippen molar-refractivity contribution in [2.75, 3.05) is 5.75 Å². The Labute approximate surface area is 72.6 Å². The van der Waals surface area contributed by atoms with Crippen molar-refractivity contribution in [3.05, 3.63) is 16.5 Å². The lowest BCUT2D eigenvalue weighted by Gasteiger charge is -1.84. The Balaban J connectivity index is 2.52. The zero-order valence-corrected chi connectivity index (χ0v) is 7.39. The molecule has 10 heavy (non-hydrogen) atoms. The van der Waals surface area contributed by atoms with Crippen LogP contribution in [0, 0.1) is 11.3 Å². The normalized spacial score (nSPS) is 9.20. The van der Waals surface area contributed by atoms with Crippen molar-refractivity contribution in [1.82, 2.24) is 0 Å². The highest BCUT2D eigenvalue weighted by molar-refractivity contribution is 8.01. The first kappa shape index (κ1) is 7.93. The van der Waals surface area contributed by atoms with Gasteiger partial charge in [-0.05, 0) is 12.1 Å². The highest BCUT2D eigenvalue weighted by atomic mass is 35.5. The van der Waals surface area contributed by atoms with Gasteiger partial charge < -0.3 is 0 Å². The van der Waals surface area contributed by atoms with Gasteiger partial charge in [0.2, 0.25) is 0 Å². The highest BCUT2D eigenvalue weighted by Gasteiger charge is 1.96. The molecule has 0 unspecified atom stereocenters. The van der Waals surface area contributed by atoms with Crippen LogP contribution in [0.15, 0.2) is 16.3 Å². The second-order valence-electron chi connectivity index (χ2n) is 1.51. The van der Waals surface area contributed by atoms with Gasteiger partial charge in [0.1, 0.15) is 0 Å². The number of thiophene rings is 1. The molecular formula is C6H4ClNS2. The number of hydrogen-bond acceptors (Lipinski definition) is 3. The molecule has 52 valence electrons. The molecule has 0 radical (unpaired) electrons. The van der Waals surface area contributed by atoms with Gasteiger partial charge in [-0.25, -0.2) is 0 Å². The zero-order valence-electron chi connectivity index (χ0n) is 5.00. The minimum atomic E-state index is 0.497. The topological polar surface area (TPSA) is 23.8 Å². The van der Waals surface area contributed by atoms with Gasteiger partial charge in [-0.1, -0.05) is 23.4 Å². The SMILES string of the molecule is N#CCSc1ccc(Cl)s1. The summed E-state index contributed by atoms with van der Waals surface area (Å²) in [6.45, 7) is 0. The Hall–Kier alpha value is -0.170. The van der Waals surface area contributed by atoms with E-state index >= 15 is 0 Å². The molecule has 0 aromatic carbocycles. The average Bonchev–Trinajstić information content (AvgIpc) is 2.31. The molecule has 0 spiro atoms. The Morgan fingerprint density at radius 1 is 1.70 bits per heavy atom. The standard InChI is InChI=1S/C6H4ClNS2/c7-5-1-2-6(10-5)9-4-3-8/h1-2H,4H2. The van der Waals surface area contributed by atoms with E-state index in [1.54, 1.807) is 0 Å². The molecule has 1 heterocycles. The zero-order chi connectivity index (χ0) is 7.40. The van der Waals surface area contributed by atoms with Crippen molar-refractivity contribution in [3.8, 4) is 6.07 Å². The third-order valence-electron chi connectivity index (χ3n) is 0.828. The molecular weight excluding hydrogens is 186 g/mol. The van der Waals surface area contributed by atoms with Crippen molar-refractivity contribution < 1.29 is 0 Å². The molecule has 0 saturated heterocycles. The molecule has 1 aromatic heterocycles. The largest absolute Gasteiger partial charge is 0.197 e. The van der Waals surface area contributed by atoms with E-state index < -0.39 is 0 Å². The van der Waals surface area contributed by atoms with Crippen LogP contribution in [0.1, 0.15) is 0 Å². The third-order valence-corrected chi connectivity index (χ3v) is 3.15. The lowest BCUT2D eigenvalue weighted by Crippen LogP contribution is -1.64. The summed E-state index contributed by atoms with van der Waals surface area (Å²) in [6, 6.07) is 5.82. The van der Waals surface area contributed by atoms with E-state index in [1.165, 1.54) is 23.1 Å². The lowest BCUT2D eigenvalue weighted by molar-refractivity contribution is 1.49. The summed E-state index contributed by atoms with van der Waals surface area (Å²) in [5.74, 6) is 0.497. The third kappa shape index (κ3) is 2.22. The van der Waals surface area contributed by atoms with Gasteiger partial charge in [-0.15, -0.1) is 11.3 Å². The van der Waals surface area contributed by atoms with Crippen LogP contribution in [0.2, 0.25) is 4.34 Å². The summed E-state index contributed by atoms with van der Waals surface area (Å²) in [5.41, 5.74) is 0. The quantitative estimate of drug-likeness (QED) is 0.668. The van der Waals surface area contributed by atoms with E-state index in [2.05, 4.69) is 6.07 Å². The van der Waals surface area contributed by atoms with Crippen LogP contribution >= 0.6 is 34.7 Å². The van der Waals surface area contributed by atoms with Gasteiger partial charge in [0.05, 0.1) is 20.4 Å². The van der Waals surface area contributed by atoms with Crippen LogP contribution in [-0.2, 0) is 0 Å². The van der Waals surface area contributed by atoms with Crippen molar-refractivity contribution in [3.63, 3.8) is 0 Å². The summed E-state index contributed by atoms with van der Waals surface area (Å²) in [4.78, 5) is 0. The van der Waals surface area contributed by atoms with E-state index in [1.807, 2.05) is 12.1 Å². The Morgan fingerprint density at radius 2 is 2.50 bits per heavy atom. The molecule has 1 nitrogen and oxygen atoms in total. The molecule has 0 amide bonds. The van der Waals surface area contributed by atoms with Crippen LogP contribution < -0.4 is 0 Å². The molecule has 0 N–H and O–H groups in total. The monoisotopic (exact) mass is 189 g/mol. The number of rotatable bonds is 2. The van der Waals surface area contributed by atoms with E-state index in [0.29, 0.717) is 5.75 Å². The number of nitrogens with zero attached hydrogens (tertiary/aromatic N) is 1. The van der Waals surface area contributed by atoms with Gasteiger partial charge in [0, 0.05) is 0 Å². The molecule has 0 aliphatic rings. The number of halogens is 1. The summed E-state index contributed by atoms with van der Waals surface area (Å²) < 4.78 is 1.88. The van der Waals surface area contributed by atoms with Crippen molar-refractivity contribution in [2.24, 2.45) is 0 Å². The van der Waals surface area contributed by atoms with Gasteiger partial charge in [-0.3, -0.25) is 0 Å². The summed E-state index contributed by atoms with van der Waals surface area (Å²) >= 11 is 8.68. The minimum absolute atomic E-state index is 0.497. The molecule has 0 atom stereocenters. The number of nitriles is 1. The molecule has 1 rings (SSSR count). The maximum absolute atomic E-state index is 8.24. The van der Waals surface area contributed by atoms with Crippen LogP contribution in [0.3, 0.4) is 0 Å². The molecule has 0 aliphatic carbocycles. The maximum atomic E-state index is 8.24. The molecule has 4 heteroatoms. The van der Waals surface area contributed by atoms with Gasteiger partial charge in [-0.2, -0.15) is 5.26 Å². The fraction of sp³-hybridized carbons (Fsp3) is 0.167. The average molecular weight is 190 g/mol. The summed E-state index contributed by atoms with van der Waals surface area (Å²) in [6.07, 6.45) is 0. The first-order valence-electron chi connectivity index (χ1n) is 2.58. The van der Waals surface area contributed by atoms with Crippen LogP contribution in [0.25, 0.3) is 0 Å². The summed E-state index contributed by atoms with van der Waals surface area (Å²) in [5, 5.41) is 8.24. The predicted octanol–water partition coefficient (Wildman–Crippen LogP) is 3.02. The predicted molar refractivity (Wildman–Crippen MR) is 45.7 cm³/mol. The second kappa shape index (κ2) is 3.87. The Kier molecular flexibility index (Phi) is 3.07. The van der Waals surface area contributed by atoms with Crippen LogP contribution in [0.4, 0.5) is 0 Å². The molecule has 0 bridgehead atoms. The van der Waals surface area contributed by atoms with E-state index in [-0.39, 0.29) is 0 Å². The van der Waals surface area contributed by atoms with Gasteiger partial charge in [0.15, 0.2) is 0 Å².